The second-order valence-electron chi connectivity index (χ2n) is 4.78. The van der Waals surface area contributed by atoms with Gasteiger partial charge in [-0.25, -0.2) is 8.42 Å². The van der Waals surface area contributed by atoms with Crippen molar-refractivity contribution in [3.05, 3.63) is 28.8 Å². The van der Waals surface area contributed by atoms with Crippen LogP contribution in [0.3, 0.4) is 0 Å². The lowest BCUT2D eigenvalue weighted by Gasteiger charge is -2.21. The van der Waals surface area contributed by atoms with Crippen molar-refractivity contribution >= 4 is 27.6 Å². The standard InChI is InChI=1S/C14H17ClF3NO4S/c1-3-7-19(9-13(20)23-4-2)24(21,22)10-5-6-12(15)11(8-10)14(16,17)18/h5-6,8H,3-4,7,9H2,1-2H3. The summed E-state index contributed by atoms with van der Waals surface area (Å²) < 4.78 is 69.3. The minimum Gasteiger partial charge on any atom is -0.465 e. The number of ether oxygens (including phenoxy) is 1. The summed E-state index contributed by atoms with van der Waals surface area (Å²) in [6.45, 7) is 2.69. The average molecular weight is 388 g/mol. The quantitative estimate of drug-likeness (QED) is 0.673. The molecule has 0 aliphatic heterocycles. The number of nitrogens with zero attached hydrogens (tertiary/aromatic N) is 1. The first-order chi connectivity index (χ1) is 11.0. The third-order valence-corrected chi connectivity index (χ3v) is 5.14. The molecule has 0 aromatic heterocycles. The van der Waals surface area contributed by atoms with E-state index in [9.17, 15) is 26.4 Å². The van der Waals surface area contributed by atoms with Crippen LogP contribution in [0.25, 0.3) is 0 Å². The van der Waals surface area contributed by atoms with Crippen molar-refractivity contribution in [2.75, 3.05) is 19.7 Å². The van der Waals surface area contributed by atoms with Gasteiger partial charge in [0.1, 0.15) is 6.54 Å². The highest BCUT2D eigenvalue weighted by Crippen LogP contribution is 2.36. The fourth-order valence-electron chi connectivity index (χ4n) is 1.92. The van der Waals surface area contributed by atoms with Gasteiger partial charge in [-0.1, -0.05) is 18.5 Å². The molecule has 0 bridgehead atoms. The Labute approximate surface area is 143 Å². The second-order valence-corrected chi connectivity index (χ2v) is 7.13. The number of rotatable bonds is 7. The van der Waals surface area contributed by atoms with Crippen LogP contribution in [0.1, 0.15) is 25.8 Å². The van der Waals surface area contributed by atoms with Crippen LogP contribution in [0.4, 0.5) is 13.2 Å². The van der Waals surface area contributed by atoms with Gasteiger partial charge in [0.2, 0.25) is 10.0 Å². The summed E-state index contributed by atoms with van der Waals surface area (Å²) in [5.74, 6) is -0.778. The van der Waals surface area contributed by atoms with Crippen LogP contribution < -0.4 is 0 Å². The molecule has 0 saturated carbocycles. The van der Waals surface area contributed by atoms with E-state index in [4.69, 9.17) is 16.3 Å². The molecule has 0 aliphatic carbocycles. The van der Waals surface area contributed by atoms with Gasteiger partial charge in [-0.15, -0.1) is 0 Å². The summed E-state index contributed by atoms with van der Waals surface area (Å²) >= 11 is 5.49. The normalized spacial score (nSPS) is 12.5. The van der Waals surface area contributed by atoms with E-state index in [-0.39, 0.29) is 13.2 Å². The molecule has 0 spiro atoms. The number of hydrogen-bond donors (Lipinski definition) is 0. The summed E-state index contributed by atoms with van der Waals surface area (Å²) in [6.07, 6.45) is -4.42. The van der Waals surface area contributed by atoms with Crippen LogP contribution in [0.2, 0.25) is 5.02 Å². The Morgan fingerprint density at radius 3 is 2.42 bits per heavy atom. The van der Waals surface area contributed by atoms with Gasteiger partial charge < -0.3 is 4.74 Å². The number of carbonyl (C=O) groups excluding carboxylic acids is 1. The fourth-order valence-corrected chi connectivity index (χ4v) is 3.64. The molecule has 0 heterocycles. The molecule has 10 heteroatoms. The van der Waals surface area contributed by atoms with Crippen LogP contribution >= 0.6 is 11.6 Å². The van der Waals surface area contributed by atoms with Gasteiger partial charge in [-0.2, -0.15) is 17.5 Å². The highest BCUT2D eigenvalue weighted by atomic mass is 35.5. The molecule has 136 valence electrons. The Morgan fingerprint density at radius 1 is 1.29 bits per heavy atom. The number of esters is 1. The molecule has 0 atom stereocenters. The molecule has 24 heavy (non-hydrogen) atoms. The van der Waals surface area contributed by atoms with Gasteiger partial charge >= 0.3 is 12.1 Å². The summed E-state index contributed by atoms with van der Waals surface area (Å²) in [7, 11) is -4.30. The molecule has 0 fully saturated rings. The maximum Gasteiger partial charge on any atom is 0.417 e. The average Bonchev–Trinajstić information content (AvgIpc) is 2.46. The zero-order valence-electron chi connectivity index (χ0n) is 13.1. The number of alkyl halides is 3. The highest BCUT2D eigenvalue weighted by molar-refractivity contribution is 7.89. The number of benzene rings is 1. The number of sulfonamides is 1. The molecule has 0 N–H and O–H groups in total. The third kappa shape index (κ3) is 5.09. The van der Waals surface area contributed by atoms with Crippen LogP contribution in [0, 0.1) is 0 Å². The Balaban J connectivity index is 3.27. The summed E-state index contributed by atoms with van der Waals surface area (Å²) in [6, 6.07) is 2.30. The first kappa shape index (κ1) is 20.7. The molecule has 0 radical (unpaired) electrons. The van der Waals surface area contributed by atoms with E-state index < -0.39 is 44.2 Å². The van der Waals surface area contributed by atoms with Crippen molar-refractivity contribution < 1.29 is 31.1 Å². The maximum absolute atomic E-state index is 12.9. The van der Waals surface area contributed by atoms with Crippen molar-refractivity contribution in [2.24, 2.45) is 0 Å². The lowest BCUT2D eigenvalue weighted by Crippen LogP contribution is -2.37. The second kappa shape index (κ2) is 8.17. The van der Waals surface area contributed by atoms with Crippen molar-refractivity contribution in [2.45, 2.75) is 31.3 Å². The van der Waals surface area contributed by atoms with Crippen LogP contribution in [-0.4, -0.2) is 38.4 Å². The SMILES string of the molecule is CCCN(CC(=O)OCC)S(=O)(=O)c1ccc(Cl)c(C(F)(F)F)c1. The summed E-state index contributed by atoms with van der Waals surface area (Å²) in [4.78, 5) is 11.0. The van der Waals surface area contributed by atoms with Crippen molar-refractivity contribution in [3.8, 4) is 0 Å². The van der Waals surface area contributed by atoms with E-state index >= 15 is 0 Å². The van der Waals surface area contributed by atoms with E-state index in [1.165, 1.54) is 0 Å². The fraction of sp³-hybridized carbons (Fsp3) is 0.500. The highest BCUT2D eigenvalue weighted by Gasteiger charge is 2.35. The van der Waals surface area contributed by atoms with Crippen LogP contribution in [-0.2, 0) is 25.7 Å². The Kier molecular flexibility index (Phi) is 7.06. The zero-order chi connectivity index (χ0) is 18.5. The van der Waals surface area contributed by atoms with Crippen LogP contribution in [0.15, 0.2) is 23.1 Å². The molecule has 0 aliphatic rings. The third-order valence-electron chi connectivity index (χ3n) is 2.96. The first-order valence-corrected chi connectivity index (χ1v) is 8.88. The largest absolute Gasteiger partial charge is 0.465 e. The maximum atomic E-state index is 12.9. The van der Waals surface area contributed by atoms with Gasteiger partial charge in [-0.05, 0) is 31.5 Å². The van der Waals surface area contributed by atoms with E-state index in [2.05, 4.69) is 0 Å². The Hall–Kier alpha value is -1.32. The van der Waals surface area contributed by atoms with Gasteiger partial charge in [0.25, 0.3) is 0 Å². The number of halogens is 4. The van der Waals surface area contributed by atoms with Gasteiger partial charge in [0.05, 0.1) is 22.1 Å². The molecule has 1 rings (SSSR count). The van der Waals surface area contributed by atoms with Gasteiger partial charge in [-0.3, -0.25) is 4.79 Å². The first-order valence-electron chi connectivity index (χ1n) is 7.06. The van der Waals surface area contributed by atoms with Crippen molar-refractivity contribution in [1.29, 1.82) is 0 Å². The molecule has 0 unspecified atom stereocenters. The van der Waals surface area contributed by atoms with E-state index in [1.54, 1.807) is 13.8 Å². The zero-order valence-corrected chi connectivity index (χ0v) is 14.6. The van der Waals surface area contributed by atoms with Crippen molar-refractivity contribution in [1.82, 2.24) is 4.31 Å². The minimum absolute atomic E-state index is 0.0366. The summed E-state index contributed by atoms with van der Waals surface area (Å²) in [5, 5.41) is -0.603. The number of carbonyl (C=O) groups is 1. The van der Waals surface area contributed by atoms with E-state index in [0.29, 0.717) is 12.5 Å². The Morgan fingerprint density at radius 2 is 1.92 bits per heavy atom. The number of hydrogen-bond acceptors (Lipinski definition) is 4. The van der Waals surface area contributed by atoms with E-state index in [1.807, 2.05) is 0 Å². The molecule has 1 aromatic rings. The smallest absolute Gasteiger partial charge is 0.417 e. The van der Waals surface area contributed by atoms with Crippen LogP contribution in [0.5, 0.6) is 0 Å². The van der Waals surface area contributed by atoms with Gasteiger partial charge in [0, 0.05) is 6.54 Å². The predicted molar refractivity (Wildman–Crippen MR) is 82.1 cm³/mol. The topological polar surface area (TPSA) is 63.7 Å². The Bertz CT molecular complexity index is 692. The molecular weight excluding hydrogens is 371 g/mol. The predicted octanol–water partition coefficient (Wildman–Crippen LogP) is 3.32. The van der Waals surface area contributed by atoms with Gasteiger partial charge in [0.15, 0.2) is 0 Å². The summed E-state index contributed by atoms with van der Waals surface area (Å²) in [5.41, 5.74) is -1.25. The van der Waals surface area contributed by atoms with E-state index in [0.717, 1.165) is 16.4 Å². The molecule has 0 saturated heterocycles. The molecular formula is C14H17ClF3NO4S. The molecule has 5 nitrogen and oxygen atoms in total. The lowest BCUT2D eigenvalue weighted by molar-refractivity contribution is -0.143. The molecule has 1 aromatic carbocycles. The monoisotopic (exact) mass is 387 g/mol. The minimum atomic E-state index is -4.79. The molecule has 0 amide bonds. The van der Waals surface area contributed by atoms with Crippen molar-refractivity contribution in [3.63, 3.8) is 0 Å². The lowest BCUT2D eigenvalue weighted by atomic mass is 10.2.